The Labute approximate surface area is 196 Å². The zero-order valence-corrected chi connectivity index (χ0v) is 18.3. The number of carbonyl (C=O) groups excluding carboxylic acids is 1. The fourth-order valence-electron chi connectivity index (χ4n) is 4.31. The molecule has 1 aliphatic heterocycles. The quantitative estimate of drug-likeness (QED) is 0.586. The maximum Gasteiger partial charge on any atom is 0.254 e. The van der Waals surface area contributed by atoms with Crippen molar-refractivity contribution in [2.45, 2.75) is 25.2 Å². The van der Waals surface area contributed by atoms with Crippen LogP contribution < -0.4 is 5.32 Å². The topological polar surface area (TPSA) is 79.9 Å². The van der Waals surface area contributed by atoms with E-state index >= 15 is 0 Å². The number of nitrogens with one attached hydrogen (secondary N) is 1. The minimum absolute atomic E-state index is 0.0945. The Kier molecular flexibility index (Phi) is 6.96. The lowest BCUT2D eigenvalue weighted by atomic mass is 9.95. The van der Waals surface area contributed by atoms with Crippen LogP contribution in [0, 0.1) is 28.5 Å². The van der Waals surface area contributed by atoms with E-state index in [4.69, 9.17) is 10.5 Å². The molecule has 4 rings (SSSR count). The van der Waals surface area contributed by atoms with Gasteiger partial charge in [-0.15, -0.1) is 0 Å². The predicted octanol–water partition coefficient (Wildman–Crippen LogP) is 4.63. The molecule has 1 fully saturated rings. The van der Waals surface area contributed by atoms with E-state index < -0.39 is 18.4 Å². The van der Waals surface area contributed by atoms with Crippen molar-refractivity contribution in [3.8, 4) is 12.1 Å². The lowest BCUT2D eigenvalue weighted by Gasteiger charge is -2.29. The summed E-state index contributed by atoms with van der Waals surface area (Å²) in [5, 5.41) is 20.9. The highest BCUT2D eigenvalue weighted by Gasteiger charge is 2.31. The van der Waals surface area contributed by atoms with Crippen LogP contribution in [-0.4, -0.2) is 29.9 Å². The Bertz CT molecular complexity index is 1260. The molecule has 1 aliphatic rings. The maximum absolute atomic E-state index is 14.3. The van der Waals surface area contributed by atoms with Crippen LogP contribution in [0.4, 0.5) is 8.78 Å². The summed E-state index contributed by atoms with van der Waals surface area (Å²) in [6.07, 6.45) is 0.680. The van der Waals surface area contributed by atoms with Gasteiger partial charge in [-0.3, -0.25) is 9.69 Å². The van der Waals surface area contributed by atoms with Crippen molar-refractivity contribution in [2.24, 2.45) is 0 Å². The van der Waals surface area contributed by atoms with Crippen LogP contribution in [-0.2, 0) is 6.67 Å². The Hall–Kier alpha value is -4.07. The van der Waals surface area contributed by atoms with Crippen LogP contribution in [0.25, 0.3) is 0 Å². The highest BCUT2D eigenvalue weighted by molar-refractivity contribution is 5.94. The van der Waals surface area contributed by atoms with Gasteiger partial charge in [0, 0.05) is 19.1 Å². The second-order valence-corrected chi connectivity index (χ2v) is 8.27. The summed E-state index contributed by atoms with van der Waals surface area (Å²) in [7, 11) is 0. The minimum atomic E-state index is -0.727. The molecule has 1 N–H and O–H groups in total. The van der Waals surface area contributed by atoms with Crippen molar-refractivity contribution >= 4 is 5.91 Å². The van der Waals surface area contributed by atoms with E-state index in [1.54, 1.807) is 24.3 Å². The Morgan fingerprint density at radius 1 is 1.00 bits per heavy atom. The summed E-state index contributed by atoms with van der Waals surface area (Å²) in [6, 6.07) is 22.1. The van der Waals surface area contributed by atoms with E-state index in [-0.39, 0.29) is 23.2 Å². The van der Waals surface area contributed by atoms with Gasteiger partial charge in [-0.1, -0.05) is 36.4 Å². The van der Waals surface area contributed by atoms with Gasteiger partial charge in [0.15, 0.2) is 0 Å². The Balaban J connectivity index is 1.54. The van der Waals surface area contributed by atoms with Gasteiger partial charge in [-0.2, -0.15) is 10.5 Å². The molecule has 0 bridgehead atoms. The summed E-state index contributed by atoms with van der Waals surface area (Å²) in [6.45, 7) is 0.695. The highest BCUT2D eigenvalue weighted by atomic mass is 19.1. The van der Waals surface area contributed by atoms with Gasteiger partial charge in [0.2, 0.25) is 0 Å². The minimum Gasteiger partial charge on any atom is -0.348 e. The normalized spacial score (nSPS) is 16.4. The molecule has 1 heterocycles. The fraction of sp³-hybridized carbons (Fsp3) is 0.222. The average Bonchev–Trinajstić information content (AvgIpc) is 3.32. The lowest BCUT2D eigenvalue weighted by molar-refractivity contribution is 0.0933. The molecule has 1 amide bonds. The number of nitriles is 2. The van der Waals surface area contributed by atoms with Gasteiger partial charge in [0.1, 0.15) is 12.5 Å². The van der Waals surface area contributed by atoms with Crippen LogP contribution in [0.3, 0.4) is 0 Å². The third-order valence-corrected chi connectivity index (χ3v) is 6.07. The van der Waals surface area contributed by atoms with Crippen LogP contribution in [0.2, 0.25) is 0 Å². The zero-order chi connectivity index (χ0) is 24.1. The SMILES string of the molecule is N#Cc1ccc(C(c2ccc(CF)cc2)N2CC[C@@H](NC(=O)c3ccc(C#N)cc3F)C2)cc1. The van der Waals surface area contributed by atoms with E-state index in [9.17, 15) is 13.6 Å². The number of carbonyl (C=O) groups is 1. The third-order valence-electron chi connectivity index (χ3n) is 6.07. The molecule has 0 spiro atoms. The summed E-state index contributed by atoms with van der Waals surface area (Å²) in [5.41, 5.74) is 3.18. The van der Waals surface area contributed by atoms with Crippen molar-refractivity contribution < 1.29 is 13.6 Å². The van der Waals surface area contributed by atoms with Crippen LogP contribution in [0.1, 0.15) is 50.6 Å². The molecule has 0 aromatic heterocycles. The van der Waals surface area contributed by atoms with Crippen molar-refractivity contribution in [2.75, 3.05) is 13.1 Å². The summed E-state index contributed by atoms with van der Waals surface area (Å²) < 4.78 is 27.3. The molecule has 7 heteroatoms. The number of benzene rings is 3. The van der Waals surface area contributed by atoms with Crippen molar-refractivity contribution in [1.82, 2.24) is 10.2 Å². The van der Waals surface area contributed by atoms with Crippen LogP contribution in [0.15, 0.2) is 66.7 Å². The van der Waals surface area contributed by atoms with Gasteiger partial charge in [-0.05, 0) is 53.4 Å². The fourth-order valence-corrected chi connectivity index (χ4v) is 4.31. The van der Waals surface area contributed by atoms with Gasteiger partial charge >= 0.3 is 0 Å². The summed E-state index contributed by atoms with van der Waals surface area (Å²) in [5.74, 6) is -1.24. The second-order valence-electron chi connectivity index (χ2n) is 8.27. The highest BCUT2D eigenvalue weighted by Crippen LogP contribution is 2.32. The number of halogens is 2. The molecule has 1 unspecified atom stereocenters. The molecule has 2 atom stereocenters. The monoisotopic (exact) mass is 456 g/mol. The van der Waals surface area contributed by atoms with E-state index in [1.807, 2.05) is 30.3 Å². The second kappa shape index (κ2) is 10.2. The number of amides is 1. The number of rotatable bonds is 6. The van der Waals surface area contributed by atoms with Gasteiger partial charge < -0.3 is 5.32 Å². The summed E-state index contributed by atoms with van der Waals surface area (Å²) in [4.78, 5) is 14.9. The van der Waals surface area contributed by atoms with E-state index in [0.29, 0.717) is 30.6 Å². The number of hydrogen-bond acceptors (Lipinski definition) is 4. The maximum atomic E-state index is 14.3. The first-order valence-corrected chi connectivity index (χ1v) is 10.9. The van der Waals surface area contributed by atoms with Crippen LogP contribution in [0.5, 0.6) is 0 Å². The molecule has 0 aliphatic carbocycles. The third kappa shape index (κ3) is 4.96. The first-order valence-electron chi connectivity index (χ1n) is 10.9. The molecule has 3 aromatic rings. The van der Waals surface area contributed by atoms with Gasteiger partial charge in [0.25, 0.3) is 5.91 Å². The molecule has 5 nitrogen and oxygen atoms in total. The van der Waals surface area contributed by atoms with Gasteiger partial charge in [0.05, 0.1) is 34.9 Å². The van der Waals surface area contributed by atoms with E-state index in [1.165, 1.54) is 12.1 Å². The molecule has 0 radical (unpaired) electrons. The van der Waals surface area contributed by atoms with Gasteiger partial charge in [-0.25, -0.2) is 8.78 Å². The Morgan fingerprint density at radius 3 is 2.21 bits per heavy atom. The average molecular weight is 456 g/mol. The molecule has 1 saturated heterocycles. The smallest absolute Gasteiger partial charge is 0.254 e. The largest absolute Gasteiger partial charge is 0.348 e. The molecule has 3 aromatic carbocycles. The Morgan fingerprint density at radius 2 is 1.62 bits per heavy atom. The standard InChI is InChI=1S/C27H22F2N4O/c28-14-18-1-6-21(7-2-18)26(22-8-3-19(15-30)4-9-22)33-12-11-23(17-33)32-27(34)24-10-5-20(16-31)13-25(24)29/h1-10,13,23,26H,11-12,14,17H2,(H,32,34)/t23-,26?/m1/s1. The number of alkyl halides is 1. The molecular formula is C27H22F2N4O. The van der Waals surface area contributed by atoms with E-state index in [0.717, 1.165) is 17.2 Å². The van der Waals surface area contributed by atoms with Crippen molar-refractivity contribution in [3.63, 3.8) is 0 Å². The molecular weight excluding hydrogens is 434 g/mol. The van der Waals surface area contributed by atoms with Crippen LogP contribution >= 0.6 is 0 Å². The number of hydrogen-bond donors (Lipinski definition) is 1. The predicted molar refractivity (Wildman–Crippen MR) is 123 cm³/mol. The molecule has 34 heavy (non-hydrogen) atoms. The number of nitrogens with zero attached hydrogens (tertiary/aromatic N) is 3. The van der Waals surface area contributed by atoms with Crippen molar-refractivity contribution in [1.29, 1.82) is 10.5 Å². The molecule has 170 valence electrons. The first-order chi connectivity index (χ1) is 16.5. The number of likely N-dealkylation sites (tertiary alicyclic amines) is 1. The molecule has 0 saturated carbocycles. The van der Waals surface area contributed by atoms with Crippen molar-refractivity contribution in [3.05, 3.63) is 106 Å². The first kappa shape index (κ1) is 23.1. The lowest BCUT2D eigenvalue weighted by Crippen LogP contribution is -2.38. The summed E-state index contributed by atoms with van der Waals surface area (Å²) >= 11 is 0. The zero-order valence-electron chi connectivity index (χ0n) is 18.3. The van der Waals surface area contributed by atoms with E-state index in [2.05, 4.69) is 16.3 Å².